The van der Waals surface area contributed by atoms with E-state index in [2.05, 4.69) is 218 Å². The molecule has 1 aliphatic rings. The van der Waals surface area contributed by atoms with Crippen molar-refractivity contribution >= 4 is 96.9 Å². The Balaban J connectivity index is 1.01. The second-order valence-electron chi connectivity index (χ2n) is 17.7. The van der Waals surface area contributed by atoms with E-state index in [9.17, 15) is 0 Å². The number of fused-ring (bicyclic) bond motifs is 16. The van der Waals surface area contributed by atoms with Crippen molar-refractivity contribution in [3.05, 3.63) is 241 Å². The Morgan fingerprint density at radius 1 is 0.288 bits per heavy atom. The predicted octanol–water partition coefficient (Wildman–Crippen LogP) is 17.9. The zero-order valence-corrected chi connectivity index (χ0v) is 36.3. The topological polar surface area (TPSA) is 26.3 Å². The average Bonchev–Trinajstić information content (AvgIpc) is 4.14. The molecular formula is C63H36O2S. The summed E-state index contributed by atoms with van der Waals surface area (Å²) in [5.41, 5.74) is 15.1. The largest absolute Gasteiger partial charge is 0.455 e. The maximum atomic E-state index is 7.21. The normalized spacial score (nSPS) is 13.3. The van der Waals surface area contributed by atoms with Gasteiger partial charge in [0.2, 0.25) is 0 Å². The standard InChI is InChI=1S/C63H36O2S/c1-3-17-37(18-4-1)63(38-19-5-2-6-20-38)49-31-13-11-25-43(49)57-50(63)33-34-51-58(57)47-29-15-27-45(61(47)64-51)55-39-21-7-9-23-41(39)56(42-24-10-8-22-40(42)55)46-28-16-30-48-59-52(65-62(46)48)35-36-54-60(59)44-26-12-14-32-53(44)66-54/h1-36H. The van der Waals surface area contributed by atoms with Crippen molar-refractivity contribution < 1.29 is 8.83 Å². The minimum Gasteiger partial charge on any atom is -0.455 e. The molecule has 0 spiro atoms. The van der Waals surface area contributed by atoms with Gasteiger partial charge < -0.3 is 8.83 Å². The highest BCUT2D eigenvalue weighted by Gasteiger charge is 2.47. The van der Waals surface area contributed by atoms with E-state index in [1.807, 2.05) is 11.3 Å². The number of benzene rings is 11. The molecule has 0 radical (unpaired) electrons. The van der Waals surface area contributed by atoms with Crippen molar-refractivity contribution in [3.63, 3.8) is 0 Å². The van der Waals surface area contributed by atoms with Gasteiger partial charge >= 0.3 is 0 Å². The summed E-state index contributed by atoms with van der Waals surface area (Å²) in [6.45, 7) is 0. The van der Waals surface area contributed by atoms with Gasteiger partial charge in [0.1, 0.15) is 22.3 Å². The fourth-order valence-corrected chi connectivity index (χ4v) is 13.1. The molecule has 0 fully saturated rings. The van der Waals surface area contributed by atoms with Gasteiger partial charge in [-0.2, -0.15) is 0 Å². The Kier molecular flexibility index (Phi) is 7.34. The monoisotopic (exact) mass is 856 g/mol. The van der Waals surface area contributed by atoms with Crippen LogP contribution in [0, 0.1) is 0 Å². The molecule has 1 aliphatic carbocycles. The summed E-state index contributed by atoms with van der Waals surface area (Å²) in [6, 6.07) is 79.9. The molecule has 0 unspecified atom stereocenters. The van der Waals surface area contributed by atoms with Crippen molar-refractivity contribution in [1.82, 2.24) is 0 Å². The van der Waals surface area contributed by atoms with Crippen molar-refractivity contribution in [2.75, 3.05) is 0 Å². The molecule has 306 valence electrons. The molecule has 3 aromatic heterocycles. The van der Waals surface area contributed by atoms with E-state index < -0.39 is 5.41 Å². The van der Waals surface area contributed by atoms with Crippen LogP contribution < -0.4 is 0 Å². The van der Waals surface area contributed by atoms with Crippen LogP contribution in [-0.2, 0) is 5.41 Å². The number of para-hydroxylation sites is 2. The third-order valence-electron chi connectivity index (χ3n) is 14.6. The van der Waals surface area contributed by atoms with Gasteiger partial charge in [-0.15, -0.1) is 11.3 Å². The van der Waals surface area contributed by atoms with Gasteiger partial charge in [0.25, 0.3) is 0 Å². The number of hydrogen-bond acceptors (Lipinski definition) is 3. The summed E-state index contributed by atoms with van der Waals surface area (Å²) >= 11 is 1.85. The Hall–Kier alpha value is -8.24. The SMILES string of the molecule is c1ccc(C2(c3ccccc3)c3ccccc3-c3c2ccc2oc4c(-c5c6ccccc6c(-c6cccc7c6oc6ccc8sc9ccccc9c8c67)c6ccccc56)cccc4c32)cc1. The third kappa shape index (κ3) is 4.64. The van der Waals surface area contributed by atoms with Gasteiger partial charge in [-0.1, -0.05) is 194 Å². The maximum absolute atomic E-state index is 7.21. The summed E-state index contributed by atoms with van der Waals surface area (Å²) in [6.07, 6.45) is 0. The average molecular weight is 857 g/mol. The molecule has 0 aliphatic heterocycles. The van der Waals surface area contributed by atoms with Crippen LogP contribution in [0.5, 0.6) is 0 Å². The van der Waals surface area contributed by atoms with Crippen LogP contribution in [0.2, 0.25) is 0 Å². The number of rotatable bonds is 4. The first-order valence-corrected chi connectivity index (χ1v) is 23.5. The predicted molar refractivity (Wildman–Crippen MR) is 277 cm³/mol. The van der Waals surface area contributed by atoms with E-state index in [1.54, 1.807) is 0 Å². The molecule has 3 heterocycles. The van der Waals surface area contributed by atoms with Crippen molar-refractivity contribution in [1.29, 1.82) is 0 Å². The van der Waals surface area contributed by atoms with Crippen molar-refractivity contribution in [3.8, 4) is 33.4 Å². The highest BCUT2D eigenvalue weighted by atomic mass is 32.1. The van der Waals surface area contributed by atoms with Gasteiger partial charge in [-0.3, -0.25) is 0 Å². The highest BCUT2D eigenvalue weighted by molar-refractivity contribution is 7.26. The lowest BCUT2D eigenvalue weighted by molar-refractivity contribution is 0.669. The Labute approximate surface area is 383 Å². The zero-order valence-electron chi connectivity index (χ0n) is 35.5. The summed E-state index contributed by atoms with van der Waals surface area (Å²) in [5, 5.41) is 11.8. The molecule has 66 heavy (non-hydrogen) atoms. The summed E-state index contributed by atoms with van der Waals surface area (Å²) in [4.78, 5) is 0. The molecule has 0 saturated heterocycles. The maximum Gasteiger partial charge on any atom is 0.143 e. The first kappa shape index (κ1) is 36.1. The summed E-state index contributed by atoms with van der Waals surface area (Å²) < 4.78 is 16.8. The zero-order chi connectivity index (χ0) is 43.1. The van der Waals surface area contributed by atoms with Crippen LogP contribution in [0.25, 0.3) is 119 Å². The molecule has 0 amide bonds. The van der Waals surface area contributed by atoms with Crippen molar-refractivity contribution in [2.24, 2.45) is 0 Å². The molecule has 0 saturated carbocycles. The molecule has 0 N–H and O–H groups in total. The van der Waals surface area contributed by atoms with Crippen LogP contribution in [0.3, 0.4) is 0 Å². The van der Waals surface area contributed by atoms with E-state index >= 15 is 0 Å². The second-order valence-corrected chi connectivity index (χ2v) is 18.8. The minimum atomic E-state index is -0.502. The minimum absolute atomic E-state index is 0.502. The Bertz CT molecular complexity index is 4240. The van der Waals surface area contributed by atoms with E-state index in [-0.39, 0.29) is 0 Å². The lowest BCUT2D eigenvalue weighted by atomic mass is 9.67. The molecule has 14 aromatic rings. The van der Waals surface area contributed by atoms with Gasteiger partial charge in [0.05, 0.1) is 5.41 Å². The van der Waals surface area contributed by atoms with Crippen LogP contribution in [-0.4, -0.2) is 0 Å². The van der Waals surface area contributed by atoms with Gasteiger partial charge in [0, 0.05) is 64.0 Å². The molecular weight excluding hydrogens is 821 g/mol. The van der Waals surface area contributed by atoms with E-state index in [1.165, 1.54) is 86.0 Å². The quantitative estimate of drug-likeness (QED) is 0.165. The fraction of sp³-hybridized carbons (Fsp3) is 0.0159. The fourth-order valence-electron chi connectivity index (χ4n) is 12.0. The second kappa shape index (κ2) is 13.4. The van der Waals surface area contributed by atoms with Gasteiger partial charge in [-0.05, 0) is 79.2 Å². The lowest BCUT2D eigenvalue weighted by Crippen LogP contribution is -2.28. The first-order valence-electron chi connectivity index (χ1n) is 22.7. The number of furan rings is 2. The third-order valence-corrected chi connectivity index (χ3v) is 15.7. The summed E-state index contributed by atoms with van der Waals surface area (Å²) in [5.74, 6) is 0. The lowest BCUT2D eigenvalue weighted by Gasteiger charge is -2.33. The molecule has 11 aromatic carbocycles. The molecule has 0 bridgehead atoms. The van der Waals surface area contributed by atoms with Crippen molar-refractivity contribution in [2.45, 2.75) is 5.41 Å². The van der Waals surface area contributed by atoms with Gasteiger partial charge in [-0.25, -0.2) is 0 Å². The smallest absolute Gasteiger partial charge is 0.143 e. The molecule has 2 nitrogen and oxygen atoms in total. The highest BCUT2D eigenvalue weighted by Crippen LogP contribution is 2.59. The van der Waals surface area contributed by atoms with E-state index in [0.717, 1.165) is 55.2 Å². The Morgan fingerprint density at radius 3 is 1.38 bits per heavy atom. The first-order chi connectivity index (χ1) is 32.8. The van der Waals surface area contributed by atoms with Crippen LogP contribution in [0.1, 0.15) is 22.3 Å². The van der Waals surface area contributed by atoms with E-state index in [0.29, 0.717) is 0 Å². The van der Waals surface area contributed by atoms with Crippen LogP contribution in [0.4, 0.5) is 0 Å². The van der Waals surface area contributed by atoms with Gasteiger partial charge in [0.15, 0.2) is 0 Å². The molecule has 0 atom stereocenters. The Morgan fingerprint density at radius 2 is 0.758 bits per heavy atom. The number of hydrogen-bond donors (Lipinski definition) is 0. The van der Waals surface area contributed by atoms with E-state index in [4.69, 9.17) is 8.83 Å². The molecule has 3 heteroatoms. The number of thiophene rings is 1. The van der Waals surface area contributed by atoms with Crippen LogP contribution in [0.15, 0.2) is 227 Å². The molecule has 15 rings (SSSR count). The summed E-state index contributed by atoms with van der Waals surface area (Å²) in [7, 11) is 0. The van der Waals surface area contributed by atoms with Crippen LogP contribution >= 0.6 is 11.3 Å².